The molecule has 0 bridgehead atoms. The number of hydrogen-bond acceptors (Lipinski definition) is 3. The zero-order valence-electron chi connectivity index (χ0n) is 16.9. The molecule has 5 heteroatoms. The number of anilines is 1. The fourth-order valence-electron chi connectivity index (χ4n) is 3.08. The predicted molar refractivity (Wildman–Crippen MR) is 117 cm³/mol. The van der Waals surface area contributed by atoms with Crippen molar-refractivity contribution >= 4 is 23.6 Å². The first kappa shape index (κ1) is 19.7. The van der Waals surface area contributed by atoms with Crippen LogP contribution in [0.2, 0.25) is 0 Å². The maximum Gasteiger partial charge on any atom is 0.251 e. The van der Waals surface area contributed by atoms with Crippen LogP contribution in [0, 0.1) is 6.92 Å². The molecule has 0 radical (unpaired) electrons. The second-order valence-electron chi connectivity index (χ2n) is 7.54. The van der Waals surface area contributed by atoms with Gasteiger partial charge in [-0.3, -0.25) is 9.59 Å². The highest BCUT2D eigenvalue weighted by molar-refractivity contribution is 6.03. The van der Waals surface area contributed by atoms with Gasteiger partial charge in [0.25, 0.3) is 11.8 Å². The van der Waals surface area contributed by atoms with Gasteiger partial charge in [0, 0.05) is 23.4 Å². The Hall–Kier alpha value is -3.60. The molecule has 1 fully saturated rings. The van der Waals surface area contributed by atoms with Crippen molar-refractivity contribution in [3.05, 3.63) is 95.5 Å². The van der Waals surface area contributed by atoms with Crippen molar-refractivity contribution in [1.82, 2.24) is 5.32 Å². The zero-order valence-corrected chi connectivity index (χ0v) is 16.9. The first-order valence-electron chi connectivity index (χ1n) is 10.1. The van der Waals surface area contributed by atoms with Gasteiger partial charge in [-0.1, -0.05) is 29.8 Å². The molecular weight excluding hydrogens is 376 g/mol. The van der Waals surface area contributed by atoms with Gasteiger partial charge in [-0.25, -0.2) is 0 Å². The van der Waals surface area contributed by atoms with Crippen LogP contribution in [0.25, 0.3) is 6.08 Å². The monoisotopic (exact) mass is 400 g/mol. The Morgan fingerprint density at radius 2 is 1.80 bits per heavy atom. The van der Waals surface area contributed by atoms with Gasteiger partial charge in [-0.2, -0.15) is 0 Å². The first-order valence-corrected chi connectivity index (χ1v) is 10.1. The molecule has 30 heavy (non-hydrogen) atoms. The van der Waals surface area contributed by atoms with Gasteiger partial charge in [0.2, 0.25) is 0 Å². The molecule has 5 nitrogen and oxygen atoms in total. The Bertz CT molecular complexity index is 1030. The summed E-state index contributed by atoms with van der Waals surface area (Å²) in [5.74, 6) is 0.516. The van der Waals surface area contributed by atoms with E-state index in [2.05, 4.69) is 5.32 Å². The smallest absolute Gasteiger partial charge is 0.251 e. The van der Waals surface area contributed by atoms with Crippen LogP contribution in [0.4, 0.5) is 5.69 Å². The van der Waals surface area contributed by atoms with Gasteiger partial charge in [-0.15, -0.1) is 0 Å². The highest BCUT2D eigenvalue weighted by atomic mass is 16.3. The van der Waals surface area contributed by atoms with E-state index in [0.29, 0.717) is 23.9 Å². The molecule has 1 aliphatic rings. The Morgan fingerprint density at radius 3 is 2.43 bits per heavy atom. The number of carbonyl (C=O) groups excluding carboxylic acids is 2. The number of carbonyl (C=O) groups is 2. The molecular formula is C25H24N2O3. The average Bonchev–Trinajstić information content (AvgIpc) is 3.42. The molecule has 3 aromatic rings. The molecule has 0 atom stereocenters. The number of nitrogens with one attached hydrogen (secondary N) is 1. The third-order valence-electron chi connectivity index (χ3n) is 5.01. The third-order valence-corrected chi connectivity index (χ3v) is 5.01. The molecule has 0 unspecified atom stereocenters. The maximum atomic E-state index is 13.0. The van der Waals surface area contributed by atoms with Crippen LogP contribution in [0.15, 0.2) is 77.4 Å². The van der Waals surface area contributed by atoms with Crippen molar-refractivity contribution < 1.29 is 14.0 Å². The summed E-state index contributed by atoms with van der Waals surface area (Å²) < 4.78 is 5.43. The lowest BCUT2D eigenvalue weighted by molar-refractivity contribution is -0.114. The van der Waals surface area contributed by atoms with Gasteiger partial charge in [0.05, 0.1) is 12.8 Å². The lowest BCUT2D eigenvalue weighted by Gasteiger charge is -2.20. The predicted octanol–water partition coefficient (Wildman–Crippen LogP) is 4.73. The van der Waals surface area contributed by atoms with E-state index in [1.165, 1.54) is 0 Å². The van der Waals surface area contributed by atoms with Crippen molar-refractivity contribution in [1.29, 1.82) is 0 Å². The van der Waals surface area contributed by atoms with Crippen LogP contribution in [-0.2, 0) is 11.3 Å². The molecule has 1 heterocycles. The van der Waals surface area contributed by atoms with Gasteiger partial charge < -0.3 is 14.6 Å². The third kappa shape index (κ3) is 5.06. The van der Waals surface area contributed by atoms with E-state index in [-0.39, 0.29) is 11.8 Å². The average molecular weight is 400 g/mol. The molecule has 0 spiro atoms. The Kier molecular flexibility index (Phi) is 5.80. The van der Waals surface area contributed by atoms with Gasteiger partial charge >= 0.3 is 0 Å². The number of aryl methyl sites for hydroxylation is 1. The Morgan fingerprint density at radius 1 is 1.07 bits per heavy atom. The van der Waals surface area contributed by atoms with E-state index in [4.69, 9.17) is 4.42 Å². The summed E-state index contributed by atoms with van der Waals surface area (Å²) in [6, 6.07) is 19.0. The van der Waals surface area contributed by atoms with Crippen LogP contribution < -0.4 is 10.2 Å². The topological polar surface area (TPSA) is 62.6 Å². The number of nitrogens with zero attached hydrogens (tertiary/aromatic N) is 1. The number of rotatable bonds is 7. The molecule has 4 rings (SSSR count). The standard InChI is InChI=1S/C25H24N2O3/c1-18-4-13-22(14-5-18)27(17-23-3-2-16-30-23)24(28)15-8-19-6-9-20(10-7-19)25(29)26-21-11-12-21/h2-10,13-16,21H,11-12,17H2,1H3,(H,26,29)/b15-8+. The molecule has 1 N–H and O–H groups in total. The largest absolute Gasteiger partial charge is 0.467 e. The molecule has 2 aromatic carbocycles. The first-order chi connectivity index (χ1) is 14.6. The van der Waals surface area contributed by atoms with Gasteiger partial charge in [0.1, 0.15) is 5.76 Å². The second kappa shape index (κ2) is 8.82. The molecule has 0 aliphatic heterocycles. The van der Waals surface area contributed by atoms with Crippen molar-refractivity contribution in [3.63, 3.8) is 0 Å². The molecule has 152 valence electrons. The van der Waals surface area contributed by atoms with Gasteiger partial charge in [-0.05, 0) is 67.8 Å². The van der Waals surface area contributed by atoms with E-state index >= 15 is 0 Å². The van der Waals surface area contributed by atoms with Crippen molar-refractivity contribution in [2.45, 2.75) is 32.4 Å². The van der Waals surface area contributed by atoms with Crippen molar-refractivity contribution in [2.75, 3.05) is 4.90 Å². The fourth-order valence-corrected chi connectivity index (χ4v) is 3.08. The summed E-state index contributed by atoms with van der Waals surface area (Å²) in [7, 11) is 0. The van der Waals surface area contributed by atoms with Crippen LogP contribution in [0.5, 0.6) is 0 Å². The Labute approximate surface area is 176 Å². The quantitative estimate of drug-likeness (QED) is 0.584. The summed E-state index contributed by atoms with van der Waals surface area (Å²) in [5, 5.41) is 2.97. The van der Waals surface area contributed by atoms with E-state index in [1.54, 1.807) is 35.4 Å². The maximum absolute atomic E-state index is 13.0. The number of amides is 2. The molecule has 2 amide bonds. The molecule has 1 aliphatic carbocycles. The summed E-state index contributed by atoms with van der Waals surface area (Å²) >= 11 is 0. The van der Waals surface area contributed by atoms with Crippen LogP contribution in [-0.4, -0.2) is 17.9 Å². The minimum atomic E-state index is -0.147. The van der Waals surface area contributed by atoms with Crippen molar-refractivity contribution in [3.8, 4) is 0 Å². The van der Waals surface area contributed by atoms with E-state index < -0.39 is 0 Å². The molecule has 1 saturated carbocycles. The lowest BCUT2D eigenvalue weighted by Crippen LogP contribution is -2.28. The van der Waals surface area contributed by atoms with E-state index in [1.807, 2.05) is 55.5 Å². The SMILES string of the molecule is Cc1ccc(N(Cc2ccco2)C(=O)/C=C/c2ccc(C(=O)NC3CC3)cc2)cc1. The Balaban J connectivity index is 1.47. The normalized spacial score (nSPS) is 13.4. The van der Waals surface area contributed by atoms with E-state index in [0.717, 1.165) is 29.7 Å². The molecule has 1 aromatic heterocycles. The summed E-state index contributed by atoms with van der Waals surface area (Å²) in [6.45, 7) is 2.36. The summed E-state index contributed by atoms with van der Waals surface area (Å²) in [6.07, 6.45) is 7.02. The lowest BCUT2D eigenvalue weighted by atomic mass is 10.1. The van der Waals surface area contributed by atoms with Crippen LogP contribution >= 0.6 is 0 Å². The minimum Gasteiger partial charge on any atom is -0.467 e. The molecule has 0 saturated heterocycles. The highest BCUT2D eigenvalue weighted by Crippen LogP contribution is 2.21. The number of furan rings is 1. The number of benzene rings is 2. The number of hydrogen-bond donors (Lipinski definition) is 1. The van der Waals surface area contributed by atoms with Crippen molar-refractivity contribution in [2.24, 2.45) is 0 Å². The zero-order chi connectivity index (χ0) is 20.9. The summed E-state index contributed by atoms with van der Waals surface area (Å²) in [4.78, 5) is 26.7. The minimum absolute atomic E-state index is 0.0481. The van der Waals surface area contributed by atoms with Crippen LogP contribution in [0.3, 0.4) is 0 Å². The van der Waals surface area contributed by atoms with Gasteiger partial charge in [0.15, 0.2) is 0 Å². The van der Waals surface area contributed by atoms with E-state index in [9.17, 15) is 9.59 Å². The second-order valence-corrected chi connectivity index (χ2v) is 7.54. The fraction of sp³-hybridized carbons (Fsp3) is 0.200. The summed E-state index contributed by atoms with van der Waals surface area (Å²) in [5.41, 5.74) is 3.42. The van der Waals surface area contributed by atoms with Crippen LogP contribution in [0.1, 0.15) is 40.1 Å². The highest BCUT2D eigenvalue weighted by Gasteiger charge is 2.23.